The SMILES string of the molecule is CCn1nnc(-c2ccc(NC(=O)[C@H]3CCCC[C@@H]3C(=O)O)c(C)n2)c1NC(=O)OC(C)c1ccccc1Cl. The first-order chi connectivity index (χ1) is 18.7. The molecule has 1 saturated carbocycles. The van der Waals surface area contributed by atoms with E-state index in [-0.39, 0.29) is 5.91 Å². The van der Waals surface area contributed by atoms with Gasteiger partial charge in [-0.25, -0.2) is 14.5 Å². The molecule has 1 unspecified atom stereocenters. The third-order valence-electron chi connectivity index (χ3n) is 6.89. The van der Waals surface area contributed by atoms with Gasteiger partial charge >= 0.3 is 12.1 Å². The van der Waals surface area contributed by atoms with E-state index in [0.717, 1.165) is 12.8 Å². The van der Waals surface area contributed by atoms with Crippen LogP contribution in [0.4, 0.5) is 16.3 Å². The number of halogens is 1. The number of carbonyl (C=O) groups is 3. The summed E-state index contributed by atoms with van der Waals surface area (Å²) in [6.45, 7) is 5.74. The first-order valence-electron chi connectivity index (χ1n) is 12.9. The van der Waals surface area contributed by atoms with Crippen molar-refractivity contribution in [2.24, 2.45) is 11.8 Å². The average molecular weight is 555 g/mol. The molecule has 2 heterocycles. The van der Waals surface area contributed by atoms with Gasteiger partial charge in [0.05, 0.1) is 28.9 Å². The van der Waals surface area contributed by atoms with Gasteiger partial charge in [0.15, 0.2) is 11.5 Å². The van der Waals surface area contributed by atoms with Gasteiger partial charge < -0.3 is 15.2 Å². The number of ether oxygens (including phenoxy) is 1. The minimum absolute atomic E-state index is 0.309. The number of hydrogen-bond acceptors (Lipinski definition) is 7. The normalized spacial score (nSPS) is 17.7. The Balaban J connectivity index is 1.50. The van der Waals surface area contributed by atoms with Crippen LogP contribution in [0.15, 0.2) is 36.4 Å². The second-order valence-electron chi connectivity index (χ2n) is 9.45. The second-order valence-corrected chi connectivity index (χ2v) is 9.86. The maximum Gasteiger partial charge on any atom is 0.413 e. The van der Waals surface area contributed by atoms with Gasteiger partial charge in [-0.05, 0) is 51.8 Å². The van der Waals surface area contributed by atoms with Crippen molar-refractivity contribution in [3.05, 3.63) is 52.7 Å². The van der Waals surface area contributed by atoms with Crippen molar-refractivity contribution in [3.8, 4) is 11.4 Å². The quantitative estimate of drug-likeness (QED) is 0.332. The lowest BCUT2D eigenvalue weighted by atomic mass is 9.78. The molecule has 2 aromatic heterocycles. The zero-order chi connectivity index (χ0) is 28.1. The maximum atomic E-state index is 12.9. The number of rotatable bonds is 8. The summed E-state index contributed by atoms with van der Waals surface area (Å²) < 4.78 is 7.05. The lowest BCUT2D eigenvalue weighted by molar-refractivity contribution is -0.147. The van der Waals surface area contributed by atoms with Crippen molar-refractivity contribution in [3.63, 3.8) is 0 Å². The number of nitrogens with one attached hydrogen (secondary N) is 2. The standard InChI is InChI=1S/C27H31ClN6O5/c1-4-34-24(31-27(38)39-16(3)17-9-7-8-12-20(17)28)23(32-33-34)22-14-13-21(15(2)29-22)30-25(35)18-10-5-6-11-19(18)26(36)37/h7-9,12-14,16,18-19H,4-6,10-11H2,1-3H3,(H,30,35)(H,31,38)(H,36,37)/t16?,18-,19-/m0/s1. The summed E-state index contributed by atoms with van der Waals surface area (Å²) in [5.41, 5.74) is 2.42. The Bertz CT molecular complexity index is 1380. The summed E-state index contributed by atoms with van der Waals surface area (Å²) in [6, 6.07) is 10.5. The van der Waals surface area contributed by atoms with Crippen LogP contribution in [0.2, 0.25) is 5.02 Å². The first-order valence-corrected chi connectivity index (χ1v) is 13.2. The van der Waals surface area contributed by atoms with Crippen LogP contribution in [0.1, 0.15) is 56.9 Å². The van der Waals surface area contributed by atoms with Gasteiger partial charge in [0.1, 0.15) is 6.10 Å². The Morgan fingerprint density at radius 3 is 2.51 bits per heavy atom. The molecule has 1 aliphatic carbocycles. The molecule has 0 saturated heterocycles. The number of hydrogen-bond donors (Lipinski definition) is 3. The Kier molecular flexibility index (Phi) is 8.80. The van der Waals surface area contributed by atoms with Crippen LogP contribution in [0.5, 0.6) is 0 Å². The Labute approximate surface area is 230 Å². The second kappa shape index (κ2) is 12.2. The summed E-state index contributed by atoms with van der Waals surface area (Å²) in [5, 5.41) is 23.9. The number of aliphatic carboxylic acids is 1. The van der Waals surface area contributed by atoms with Crippen molar-refractivity contribution < 1.29 is 24.2 Å². The summed E-state index contributed by atoms with van der Waals surface area (Å²) in [6.07, 6.45) is 1.35. The highest BCUT2D eigenvalue weighted by Gasteiger charge is 2.36. The fourth-order valence-corrected chi connectivity index (χ4v) is 5.07. The molecule has 2 amide bonds. The molecule has 4 rings (SSSR count). The highest BCUT2D eigenvalue weighted by atomic mass is 35.5. The molecule has 3 aromatic rings. The number of carboxylic acids is 1. The highest BCUT2D eigenvalue weighted by Crippen LogP contribution is 2.32. The van der Waals surface area contributed by atoms with Gasteiger partial charge in [-0.15, -0.1) is 5.10 Å². The number of aromatic nitrogens is 4. The van der Waals surface area contributed by atoms with Gasteiger partial charge in [0.25, 0.3) is 0 Å². The summed E-state index contributed by atoms with van der Waals surface area (Å²) in [4.78, 5) is 41.9. The number of amides is 2. The van der Waals surface area contributed by atoms with Gasteiger partial charge in [0.2, 0.25) is 5.91 Å². The van der Waals surface area contributed by atoms with E-state index >= 15 is 0 Å². The van der Waals surface area contributed by atoms with E-state index in [1.54, 1.807) is 44.2 Å². The van der Waals surface area contributed by atoms with Gasteiger partial charge in [-0.2, -0.15) is 0 Å². The summed E-state index contributed by atoms with van der Waals surface area (Å²) in [7, 11) is 0. The summed E-state index contributed by atoms with van der Waals surface area (Å²) in [5.74, 6) is -2.24. The first kappa shape index (κ1) is 28.0. The van der Waals surface area contributed by atoms with Crippen LogP contribution >= 0.6 is 11.6 Å². The van der Waals surface area contributed by atoms with Crippen molar-refractivity contribution >= 4 is 41.1 Å². The highest BCUT2D eigenvalue weighted by molar-refractivity contribution is 6.31. The smallest absolute Gasteiger partial charge is 0.413 e. The van der Waals surface area contributed by atoms with Crippen LogP contribution in [0, 0.1) is 18.8 Å². The molecule has 206 valence electrons. The molecule has 0 spiro atoms. The molecule has 1 aliphatic rings. The van der Waals surface area contributed by atoms with E-state index in [4.69, 9.17) is 16.3 Å². The van der Waals surface area contributed by atoms with Crippen LogP contribution in [0.3, 0.4) is 0 Å². The lowest BCUT2D eigenvalue weighted by Gasteiger charge is -2.27. The van der Waals surface area contributed by atoms with E-state index in [1.807, 2.05) is 13.0 Å². The van der Waals surface area contributed by atoms with E-state index < -0.39 is 30.0 Å². The summed E-state index contributed by atoms with van der Waals surface area (Å²) >= 11 is 6.23. The number of anilines is 2. The molecule has 11 nitrogen and oxygen atoms in total. The molecule has 1 fully saturated rings. The van der Waals surface area contributed by atoms with Crippen LogP contribution in [-0.2, 0) is 20.9 Å². The van der Waals surface area contributed by atoms with Crippen molar-refractivity contribution in [2.45, 2.75) is 59.1 Å². The Hall–Kier alpha value is -3.99. The maximum absolute atomic E-state index is 12.9. The van der Waals surface area contributed by atoms with E-state index in [9.17, 15) is 19.5 Å². The predicted octanol–water partition coefficient (Wildman–Crippen LogP) is 5.46. The predicted molar refractivity (Wildman–Crippen MR) is 145 cm³/mol. The van der Waals surface area contributed by atoms with E-state index in [1.165, 1.54) is 4.68 Å². The van der Waals surface area contributed by atoms with E-state index in [0.29, 0.717) is 58.6 Å². The number of nitrogens with zero attached hydrogens (tertiary/aromatic N) is 4. The number of pyridine rings is 1. The minimum Gasteiger partial charge on any atom is -0.481 e. The van der Waals surface area contributed by atoms with Crippen molar-refractivity contribution in [2.75, 3.05) is 10.6 Å². The van der Waals surface area contributed by atoms with Crippen LogP contribution in [0.25, 0.3) is 11.4 Å². The fourth-order valence-electron chi connectivity index (χ4n) is 4.78. The van der Waals surface area contributed by atoms with Gasteiger partial charge in [-0.1, -0.05) is 47.9 Å². The van der Waals surface area contributed by atoms with E-state index in [2.05, 4.69) is 25.9 Å². The number of aryl methyl sites for hydroxylation is 2. The fraction of sp³-hybridized carbons (Fsp3) is 0.407. The van der Waals surface area contributed by atoms with Crippen LogP contribution < -0.4 is 10.6 Å². The Morgan fingerprint density at radius 1 is 1.13 bits per heavy atom. The van der Waals surface area contributed by atoms with Crippen molar-refractivity contribution in [1.82, 2.24) is 20.0 Å². The largest absolute Gasteiger partial charge is 0.481 e. The molecular formula is C27H31ClN6O5. The molecule has 1 aromatic carbocycles. The molecule has 0 bridgehead atoms. The number of carboxylic acid groups (broad SMARTS) is 1. The van der Waals surface area contributed by atoms with Gasteiger partial charge in [0, 0.05) is 17.1 Å². The van der Waals surface area contributed by atoms with Gasteiger partial charge in [-0.3, -0.25) is 14.9 Å². The monoisotopic (exact) mass is 554 g/mol. The molecule has 3 atom stereocenters. The molecule has 3 N–H and O–H groups in total. The minimum atomic E-state index is -0.945. The number of carbonyl (C=O) groups excluding carboxylic acids is 2. The average Bonchev–Trinajstić information content (AvgIpc) is 3.32. The topological polar surface area (TPSA) is 148 Å². The van der Waals surface area contributed by atoms with Crippen molar-refractivity contribution in [1.29, 1.82) is 0 Å². The molecule has 0 aliphatic heterocycles. The molecule has 12 heteroatoms. The molecule has 39 heavy (non-hydrogen) atoms. The zero-order valence-corrected chi connectivity index (χ0v) is 22.7. The third-order valence-corrected chi connectivity index (χ3v) is 7.23. The third kappa shape index (κ3) is 6.36. The Morgan fingerprint density at radius 2 is 1.85 bits per heavy atom. The zero-order valence-electron chi connectivity index (χ0n) is 22.0. The van der Waals surface area contributed by atoms with Crippen LogP contribution in [-0.4, -0.2) is 43.1 Å². The number of benzene rings is 1. The molecule has 0 radical (unpaired) electrons. The molecular weight excluding hydrogens is 524 g/mol. The lowest BCUT2D eigenvalue weighted by Crippen LogP contribution is -2.36.